The largest absolute Gasteiger partial charge is 0.409 e. The van der Waals surface area contributed by atoms with Gasteiger partial charge in [-0.2, -0.15) is 13.2 Å². The van der Waals surface area contributed by atoms with Gasteiger partial charge in [0, 0.05) is 12.1 Å². The highest BCUT2D eigenvalue weighted by Crippen LogP contribution is 2.18. The second-order valence-electron chi connectivity index (χ2n) is 2.58. The quantitative estimate of drug-likeness (QED) is 0.619. The lowest BCUT2D eigenvalue weighted by Crippen LogP contribution is -2.00. The minimum absolute atomic E-state index is 0.0821. The molecule has 1 aromatic rings. The zero-order valence-corrected chi connectivity index (χ0v) is 6.78. The van der Waals surface area contributed by atoms with Crippen molar-refractivity contribution in [3.8, 4) is 0 Å². The molecule has 0 saturated heterocycles. The van der Waals surface area contributed by atoms with E-state index in [4.69, 9.17) is 0 Å². The van der Waals surface area contributed by atoms with Crippen LogP contribution in [0, 0.1) is 11.6 Å². The molecule has 0 aliphatic rings. The van der Waals surface area contributed by atoms with Crippen molar-refractivity contribution >= 4 is 6.08 Å². The maximum absolute atomic E-state index is 12.5. The first-order valence-corrected chi connectivity index (χ1v) is 3.59. The molecule has 1 aromatic carbocycles. The molecule has 0 radical (unpaired) electrons. The molecular formula is C9H5F5. The molecule has 76 valence electrons. The van der Waals surface area contributed by atoms with Crippen LogP contribution in [0.3, 0.4) is 0 Å². The molecule has 0 fully saturated rings. The van der Waals surface area contributed by atoms with Crippen molar-refractivity contribution in [1.29, 1.82) is 0 Å². The molecular weight excluding hydrogens is 203 g/mol. The average molecular weight is 208 g/mol. The van der Waals surface area contributed by atoms with Crippen LogP contribution in [0.5, 0.6) is 0 Å². The van der Waals surface area contributed by atoms with E-state index in [0.717, 1.165) is 12.1 Å². The van der Waals surface area contributed by atoms with E-state index in [-0.39, 0.29) is 11.6 Å². The molecule has 0 aliphatic heterocycles. The minimum atomic E-state index is -4.48. The minimum Gasteiger partial charge on any atom is -0.207 e. The second kappa shape index (κ2) is 3.77. The van der Waals surface area contributed by atoms with Crippen molar-refractivity contribution in [1.82, 2.24) is 0 Å². The van der Waals surface area contributed by atoms with E-state index >= 15 is 0 Å². The molecule has 0 aliphatic carbocycles. The summed E-state index contributed by atoms with van der Waals surface area (Å²) in [5.41, 5.74) is -0.167. The SMILES string of the molecule is Fc1cc(F)cc(C=CC(F)(F)F)c1. The Hall–Kier alpha value is -1.39. The average Bonchev–Trinajstić information content (AvgIpc) is 1.97. The number of halogens is 5. The van der Waals surface area contributed by atoms with Gasteiger partial charge in [-0.15, -0.1) is 0 Å². The Bertz CT molecular complexity index is 330. The number of alkyl halides is 3. The zero-order chi connectivity index (χ0) is 10.8. The number of hydrogen-bond donors (Lipinski definition) is 0. The van der Waals surface area contributed by atoms with Crippen molar-refractivity contribution in [2.75, 3.05) is 0 Å². The summed E-state index contributed by atoms with van der Waals surface area (Å²) in [4.78, 5) is 0. The Morgan fingerprint density at radius 1 is 0.929 bits per heavy atom. The third-order valence-corrected chi connectivity index (χ3v) is 1.35. The normalized spacial score (nSPS) is 12.4. The number of benzene rings is 1. The maximum Gasteiger partial charge on any atom is 0.409 e. The molecule has 1 rings (SSSR count). The molecule has 0 unspecified atom stereocenters. The van der Waals surface area contributed by atoms with Gasteiger partial charge in [-0.05, 0) is 23.8 Å². The summed E-state index contributed by atoms with van der Waals surface area (Å²) in [5, 5.41) is 0. The van der Waals surface area contributed by atoms with E-state index in [9.17, 15) is 22.0 Å². The monoisotopic (exact) mass is 208 g/mol. The summed E-state index contributed by atoms with van der Waals surface area (Å²) in [6.45, 7) is 0. The van der Waals surface area contributed by atoms with E-state index in [0.29, 0.717) is 12.1 Å². The lowest BCUT2D eigenvalue weighted by Gasteiger charge is -1.98. The van der Waals surface area contributed by atoms with Gasteiger partial charge < -0.3 is 0 Å². The van der Waals surface area contributed by atoms with Crippen LogP contribution in [0.1, 0.15) is 5.56 Å². The summed E-state index contributed by atoms with van der Waals surface area (Å²) in [6, 6.07) is 2.21. The van der Waals surface area contributed by atoms with Gasteiger partial charge in [-0.25, -0.2) is 8.78 Å². The second-order valence-corrected chi connectivity index (χ2v) is 2.58. The third kappa shape index (κ3) is 3.55. The van der Waals surface area contributed by atoms with Gasteiger partial charge in [0.05, 0.1) is 0 Å². The number of allylic oxidation sites excluding steroid dienone is 1. The van der Waals surface area contributed by atoms with Crippen LogP contribution in [-0.4, -0.2) is 6.18 Å². The molecule has 5 heteroatoms. The van der Waals surface area contributed by atoms with Gasteiger partial charge in [0.15, 0.2) is 0 Å². The van der Waals surface area contributed by atoms with Crippen LogP contribution in [0.4, 0.5) is 22.0 Å². The van der Waals surface area contributed by atoms with Gasteiger partial charge in [-0.1, -0.05) is 0 Å². The standard InChI is InChI=1S/C9H5F5/c10-7-3-6(4-8(11)5-7)1-2-9(12,13)14/h1-5H. The van der Waals surface area contributed by atoms with E-state index in [1.165, 1.54) is 0 Å². The van der Waals surface area contributed by atoms with Crippen molar-refractivity contribution in [3.05, 3.63) is 41.5 Å². The van der Waals surface area contributed by atoms with Crippen LogP contribution >= 0.6 is 0 Å². The van der Waals surface area contributed by atoms with E-state index in [1.54, 1.807) is 0 Å². The van der Waals surface area contributed by atoms with Crippen LogP contribution in [-0.2, 0) is 0 Å². The molecule has 0 N–H and O–H groups in total. The predicted octanol–water partition coefficient (Wildman–Crippen LogP) is 3.54. The van der Waals surface area contributed by atoms with Crippen LogP contribution in [0.25, 0.3) is 6.08 Å². The zero-order valence-electron chi connectivity index (χ0n) is 6.78. The van der Waals surface area contributed by atoms with E-state index in [1.807, 2.05) is 0 Å². The smallest absolute Gasteiger partial charge is 0.207 e. The predicted molar refractivity (Wildman–Crippen MR) is 41.4 cm³/mol. The summed E-state index contributed by atoms with van der Waals surface area (Å²) >= 11 is 0. The highest BCUT2D eigenvalue weighted by atomic mass is 19.4. The molecule has 0 saturated carbocycles. The Balaban J connectivity index is 2.92. The van der Waals surface area contributed by atoms with Crippen LogP contribution in [0.2, 0.25) is 0 Å². The number of hydrogen-bond acceptors (Lipinski definition) is 0. The van der Waals surface area contributed by atoms with Crippen molar-refractivity contribution < 1.29 is 22.0 Å². The van der Waals surface area contributed by atoms with Crippen LogP contribution in [0.15, 0.2) is 24.3 Å². The Morgan fingerprint density at radius 2 is 1.43 bits per heavy atom. The molecule has 0 aromatic heterocycles. The molecule has 0 atom stereocenters. The Kier molecular flexibility index (Phi) is 2.88. The topological polar surface area (TPSA) is 0 Å². The lowest BCUT2D eigenvalue weighted by molar-refractivity contribution is -0.0790. The molecule has 0 amide bonds. The first kappa shape index (κ1) is 10.7. The first-order chi connectivity index (χ1) is 6.37. The van der Waals surface area contributed by atoms with Gasteiger partial charge in [0.1, 0.15) is 11.6 Å². The molecule has 0 bridgehead atoms. The van der Waals surface area contributed by atoms with Crippen molar-refractivity contribution in [3.63, 3.8) is 0 Å². The number of rotatable bonds is 1. The van der Waals surface area contributed by atoms with Gasteiger partial charge in [0.25, 0.3) is 0 Å². The molecule has 0 nitrogen and oxygen atoms in total. The first-order valence-electron chi connectivity index (χ1n) is 3.59. The third-order valence-electron chi connectivity index (χ3n) is 1.35. The summed E-state index contributed by atoms with van der Waals surface area (Å²) in [5.74, 6) is -1.82. The van der Waals surface area contributed by atoms with E-state index < -0.39 is 17.8 Å². The van der Waals surface area contributed by atoms with Gasteiger partial charge in [0.2, 0.25) is 0 Å². The van der Waals surface area contributed by atoms with E-state index in [2.05, 4.69) is 0 Å². The Labute approximate surface area is 76.7 Å². The fourth-order valence-corrected chi connectivity index (χ4v) is 0.862. The summed E-state index contributed by atoms with van der Waals surface area (Å²) < 4.78 is 60.0. The highest BCUT2D eigenvalue weighted by Gasteiger charge is 2.21. The molecule has 14 heavy (non-hydrogen) atoms. The van der Waals surface area contributed by atoms with Crippen LogP contribution < -0.4 is 0 Å². The maximum atomic E-state index is 12.5. The van der Waals surface area contributed by atoms with Crippen molar-refractivity contribution in [2.24, 2.45) is 0 Å². The Morgan fingerprint density at radius 3 is 1.86 bits per heavy atom. The highest BCUT2D eigenvalue weighted by molar-refractivity contribution is 5.49. The molecule has 0 heterocycles. The van der Waals surface area contributed by atoms with Gasteiger partial charge in [-0.3, -0.25) is 0 Å². The fourth-order valence-electron chi connectivity index (χ4n) is 0.862. The molecule has 0 spiro atoms. The summed E-state index contributed by atoms with van der Waals surface area (Å²) in [6.07, 6.45) is -3.96. The lowest BCUT2D eigenvalue weighted by atomic mass is 10.2. The van der Waals surface area contributed by atoms with Crippen molar-refractivity contribution in [2.45, 2.75) is 6.18 Å². The fraction of sp³-hybridized carbons (Fsp3) is 0.111. The van der Waals surface area contributed by atoms with Gasteiger partial charge >= 0.3 is 6.18 Å². The summed E-state index contributed by atoms with van der Waals surface area (Å²) in [7, 11) is 0.